The van der Waals surface area contributed by atoms with Crippen LogP contribution in [-0.2, 0) is 4.79 Å². The lowest BCUT2D eigenvalue weighted by Gasteiger charge is -2.34. The van der Waals surface area contributed by atoms with E-state index in [-0.39, 0.29) is 5.91 Å². The van der Waals surface area contributed by atoms with Crippen LogP contribution in [0.2, 0.25) is 0 Å². The summed E-state index contributed by atoms with van der Waals surface area (Å²) >= 11 is 1.32. The maximum atomic E-state index is 12.5. The molecule has 1 N–H and O–H groups in total. The Morgan fingerprint density at radius 2 is 2.32 bits per heavy atom. The second kappa shape index (κ2) is 5.28. The lowest BCUT2D eigenvalue weighted by Crippen LogP contribution is -2.52. The number of hydrogen-bond donors (Lipinski definition) is 1. The second-order valence-electron chi connectivity index (χ2n) is 4.89. The Balaban J connectivity index is 2.31. The van der Waals surface area contributed by atoms with Gasteiger partial charge in [0.05, 0.1) is 11.2 Å². The highest BCUT2D eigenvalue weighted by Crippen LogP contribution is 2.35. The van der Waals surface area contributed by atoms with Crippen LogP contribution in [0.3, 0.4) is 0 Å². The average Bonchev–Trinajstić information content (AvgIpc) is 2.96. The fourth-order valence-electron chi connectivity index (χ4n) is 2.77. The van der Waals surface area contributed by atoms with Crippen molar-refractivity contribution in [2.24, 2.45) is 0 Å². The van der Waals surface area contributed by atoms with Gasteiger partial charge in [-0.1, -0.05) is 13.3 Å². The molecular formula is C13H18N2O3S. The van der Waals surface area contributed by atoms with Gasteiger partial charge in [-0.15, -0.1) is 11.3 Å². The predicted octanol–water partition coefficient (Wildman–Crippen LogP) is 2.31. The van der Waals surface area contributed by atoms with Crippen molar-refractivity contribution in [2.45, 2.75) is 45.1 Å². The van der Waals surface area contributed by atoms with E-state index in [2.05, 4.69) is 4.98 Å². The molecule has 1 saturated heterocycles. The highest BCUT2D eigenvalue weighted by Gasteiger charge is 2.49. The Morgan fingerprint density at radius 3 is 2.84 bits per heavy atom. The van der Waals surface area contributed by atoms with Gasteiger partial charge in [0.2, 0.25) is 0 Å². The smallest absolute Gasteiger partial charge is 0.329 e. The van der Waals surface area contributed by atoms with E-state index in [1.807, 2.05) is 13.8 Å². The fourth-order valence-corrected chi connectivity index (χ4v) is 3.50. The third-order valence-corrected chi connectivity index (χ3v) is 4.53. The summed E-state index contributed by atoms with van der Waals surface area (Å²) < 4.78 is 0. The minimum atomic E-state index is -1.02. The first kappa shape index (κ1) is 14.0. The summed E-state index contributed by atoms with van der Waals surface area (Å²) in [6.07, 6.45) is 4.08. The SMILES string of the molecule is CCCC1(C(=O)O)CCCN1C(=O)c1cnc(C)s1. The molecule has 0 radical (unpaired) electrons. The lowest BCUT2D eigenvalue weighted by atomic mass is 9.90. The van der Waals surface area contributed by atoms with E-state index in [0.29, 0.717) is 24.3 Å². The molecule has 1 amide bonds. The minimum absolute atomic E-state index is 0.195. The van der Waals surface area contributed by atoms with Crippen molar-refractivity contribution >= 4 is 23.2 Å². The van der Waals surface area contributed by atoms with E-state index in [1.165, 1.54) is 16.2 Å². The maximum absolute atomic E-state index is 12.5. The zero-order chi connectivity index (χ0) is 14.0. The summed E-state index contributed by atoms with van der Waals surface area (Å²) in [5.41, 5.74) is -1.02. The van der Waals surface area contributed by atoms with Gasteiger partial charge >= 0.3 is 5.97 Å². The van der Waals surface area contributed by atoms with Gasteiger partial charge in [0.1, 0.15) is 10.4 Å². The van der Waals surface area contributed by atoms with Gasteiger partial charge in [0, 0.05) is 6.54 Å². The molecule has 0 spiro atoms. The van der Waals surface area contributed by atoms with Crippen LogP contribution in [-0.4, -0.2) is 39.0 Å². The molecule has 6 heteroatoms. The monoisotopic (exact) mass is 282 g/mol. The maximum Gasteiger partial charge on any atom is 0.329 e. The van der Waals surface area contributed by atoms with Gasteiger partial charge < -0.3 is 10.0 Å². The number of hydrogen-bond acceptors (Lipinski definition) is 4. The molecule has 2 heterocycles. The Hall–Kier alpha value is -1.43. The molecule has 1 aliphatic rings. The zero-order valence-corrected chi connectivity index (χ0v) is 12.0. The molecule has 0 saturated carbocycles. The zero-order valence-electron chi connectivity index (χ0n) is 11.2. The van der Waals surface area contributed by atoms with Gasteiger partial charge in [0.15, 0.2) is 0 Å². The molecule has 2 rings (SSSR count). The summed E-state index contributed by atoms with van der Waals surface area (Å²) in [4.78, 5) is 30.3. The Labute approximate surface area is 116 Å². The molecule has 0 aliphatic carbocycles. The van der Waals surface area contributed by atoms with Crippen molar-refractivity contribution in [3.63, 3.8) is 0 Å². The molecule has 104 valence electrons. The van der Waals surface area contributed by atoms with Crippen molar-refractivity contribution in [3.8, 4) is 0 Å². The van der Waals surface area contributed by atoms with Crippen LogP contribution >= 0.6 is 11.3 Å². The van der Waals surface area contributed by atoms with Crippen LogP contribution in [0.4, 0.5) is 0 Å². The lowest BCUT2D eigenvalue weighted by molar-refractivity contribution is -0.148. The third kappa shape index (κ3) is 2.36. The molecule has 1 aromatic rings. The number of nitrogens with zero attached hydrogens (tertiary/aromatic N) is 2. The Kier molecular flexibility index (Phi) is 3.89. The quantitative estimate of drug-likeness (QED) is 0.920. The van der Waals surface area contributed by atoms with E-state index in [4.69, 9.17) is 0 Å². The van der Waals surface area contributed by atoms with E-state index >= 15 is 0 Å². The van der Waals surface area contributed by atoms with E-state index in [0.717, 1.165) is 17.8 Å². The number of carboxylic acids is 1. The Bertz CT molecular complexity index is 500. The fraction of sp³-hybridized carbons (Fsp3) is 0.615. The van der Waals surface area contributed by atoms with Crippen LogP contribution in [0.5, 0.6) is 0 Å². The largest absolute Gasteiger partial charge is 0.479 e. The highest BCUT2D eigenvalue weighted by molar-refractivity contribution is 7.13. The number of rotatable bonds is 4. The number of aryl methyl sites for hydroxylation is 1. The molecule has 1 aromatic heterocycles. The normalized spacial score (nSPS) is 22.7. The number of aliphatic carboxylic acids is 1. The number of aromatic nitrogens is 1. The van der Waals surface area contributed by atoms with Crippen molar-refractivity contribution < 1.29 is 14.7 Å². The van der Waals surface area contributed by atoms with Crippen LogP contribution in [0, 0.1) is 6.92 Å². The van der Waals surface area contributed by atoms with Gasteiger partial charge in [-0.3, -0.25) is 4.79 Å². The van der Waals surface area contributed by atoms with Crippen LogP contribution in [0.25, 0.3) is 0 Å². The second-order valence-corrected chi connectivity index (χ2v) is 6.13. The summed E-state index contributed by atoms with van der Waals surface area (Å²) in [5, 5.41) is 10.4. The first-order chi connectivity index (χ1) is 9.01. The molecule has 1 unspecified atom stereocenters. The van der Waals surface area contributed by atoms with E-state index in [9.17, 15) is 14.7 Å². The first-order valence-corrected chi connectivity index (χ1v) is 7.30. The highest BCUT2D eigenvalue weighted by atomic mass is 32.1. The summed E-state index contributed by atoms with van der Waals surface area (Å²) in [6, 6.07) is 0. The van der Waals surface area contributed by atoms with Gasteiger partial charge in [0.25, 0.3) is 5.91 Å². The van der Waals surface area contributed by atoms with Crippen molar-refractivity contribution in [3.05, 3.63) is 16.1 Å². The van der Waals surface area contributed by atoms with E-state index in [1.54, 1.807) is 6.20 Å². The summed E-state index contributed by atoms with van der Waals surface area (Å²) in [7, 11) is 0. The van der Waals surface area contributed by atoms with Gasteiger partial charge in [-0.05, 0) is 26.2 Å². The predicted molar refractivity (Wildman–Crippen MR) is 72.4 cm³/mol. The van der Waals surface area contributed by atoms with Gasteiger partial charge in [-0.25, -0.2) is 9.78 Å². The van der Waals surface area contributed by atoms with Crippen molar-refractivity contribution in [2.75, 3.05) is 6.54 Å². The molecule has 0 aromatic carbocycles. The third-order valence-electron chi connectivity index (χ3n) is 3.63. The molecular weight excluding hydrogens is 264 g/mol. The summed E-state index contributed by atoms with van der Waals surface area (Å²) in [5.74, 6) is -1.08. The van der Waals surface area contributed by atoms with E-state index < -0.39 is 11.5 Å². The summed E-state index contributed by atoms with van der Waals surface area (Å²) in [6.45, 7) is 4.30. The van der Waals surface area contributed by atoms with Crippen molar-refractivity contribution in [1.82, 2.24) is 9.88 Å². The average molecular weight is 282 g/mol. The molecule has 1 aliphatic heterocycles. The van der Waals surface area contributed by atoms with Gasteiger partial charge in [-0.2, -0.15) is 0 Å². The molecule has 5 nitrogen and oxygen atoms in total. The molecule has 1 atom stereocenters. The minimum Gasteiger partial charge on any atom is -0.479 e. The molecule has 19 heavy (non-hydrogen) atoms. The number of likely N-dealkylation sites (tertiary alicyclic amines) is 1. The van der Waals surface area contributed by atoms with Crippen LogP contribution in [0.1, 0.15) is 47.3 Å². The van der Waals surface area contributed by atoms with Crippen LogP contribution in [0.15, 0.2) is 6.20 Å². The Morgan fingerprint density at radius 1 is 1.58 bits per heavy atom. The number of carbonyl (C=O) groups is 2. The molecule has 1 fully saturated rings. The molecule has 0 bridgehead atoms. The topological polar surface area (TPSA) is 70.5 Å². The van der Waals surface area contributed by atoms with Crippen LogP contribution < -0.4 is 0 Å². The number of thiazole rings is 1. The van der Waals surface area contributed by atoms with Crippen molar-refractivity contribution in [1.29, 1.82) is 0 Å². The first-order valence-electron chi connectivity index (χ1n) is 6.49. The standard InChI is InChI=1S/C13H18N2O3S/c1-3-5-13(12(17)18)6-4-7-15(13)11(16)10-8-14-9(2)19-10/h8H,3-7H2,1-2H3,(H,17,18). The number of carboxylic acid groups (broad SMARTS) is 1. The number of carbonyl (C=O) groups excluding carboxylic acids is 1. The number of amides is 1.